The molecule has 0 aromatic heterocycles. The maximum Gasteiger partial charge on any atom is 0.251 e. The van der Waals surface area contributed by atoms with Crippen molar-refractivity contribution >= 4 is 41.5 Å². The summed E-state index contributed by atoms with van der Waals surface area (Å²) in [6.45, 7) is 4.95. The van der Waals surface area contributed by atoms with Gasteiger partial charge in [-0.15, -0.1) is 24.0 Å². The van der Waals surface area contributed by atoms with Crippen LogP contribution in [0.5, 0.6) is 11.5 Å². The number of benzene rings is 2. The van der Waals surface area contributed by atoms with E-state index in [1.165, 1.54) is 6.07 Å². The van der Waals surface area contributed by atoms with Gasteiger partial charge in [0, 0.05) is 30.4 Å². The van der Waals surface area contributed by atoms with E-state index in [2.05, 4.69) is 20.9 Å². The number of carbonyl (C=O) groups excluding carboxylic acids is 1. The second-order valence-electron chi connectivity index (χ2n) is 6.18. The van der Waals surface area contributed by atoms with Gasteiger partial charge in [0.15, 0.2) is 17.5 Å². The van der Waals surface area contributed by atoms with E-state index in [0.29, 0.717) is 42.7 Å². The number of nitrogens with zero attached hydrogens (tertiary/aromatic N) is 1. The predicted octanol–water partition coefficient (Wildman–Crippen LogP) is 3.58. The summed E-state index contributed by atoms with van der Waals surface area (Å²) in [5, 5.41) is 9.05. The normalized spacial score (nSPS) is 10.6. The lowest BCUT2D eigenvalue weighted by Gasteiger charge is -2.14. The molecule has 2 aromatic rings. The van der Waals surface area contributed by atoms with Gasteiger partial charge in [-0.05, 0) is 43.7 Å². The van der Waals surface area contributed by atoms with Crippen LogP contribution in [0.2, 0.25) is 0 Å². The van der Waals surface area contributed by atoms with Gasteiger partial charge < -0.3 is 25.4 Å². The zero-order valence-corrected chi connectivity index (χ0v) is 19.9. The molecule has 0 atom stereocenters. The molecule has 0 fully saturated rings. The molecule has 3 N–H and O–H groups in total. The Kier molecular flexibility index (Phi) is 10.9. The van der Waals surface area contributed by atoms with Gasteiger partial charge in [-0.25, -0.2) is 4.39 Å². The number of guanidine groups is 1. The second-order valence-corrected chi connectivity index (χ2v) is 6.18. The summed E-state index contributed by atoms with van der Waals surface area (Å²) in [6.07, 6.45) is 0. The van der Waals surface area contributed by atoms with Crippen molar-refractivity contribution in [3.8, 4) is 11.5 Å². The third-order valence-electron chi connectivity index (χ3n) is 4.09. The minimum absolute atomic E-state index is 0. The Hall–Kier alpha value is -2.56. The Morgan fingerprint density at radius 3 is 2.43 bits per heavy atom. The number of hydrogen-bond acceptors (Lipinski definition) is 4. The average Bonchev–Trinajstić information content (AvgIpc) is 2.72. The maximum absolute atomic E-state index is 13.6. The topological polar surface area (TPSA) is 84.0 Å². The zero-order valence-electron chi connectivity index (χ0n) is 17.5. The van der Waals surface area contributed by atoms with Crippen LogP contribution in [-0.4, -0.2) is 45.7 Å². The summed E-state index contributed by atoms with van der Waals surface area (Å²) < 4.78 is 24.1. The number of carbonyl (C=O) groups is 1. The quantitative estimate of drug-likeness (QED) is 0.211. The number of ether oxygens (including phenoxy) is 2. The highest BCUT2D eigenvalue weighted by Crippen LogP contribution is 2.29. The highest BCUT2D eigenvalue weighted by molar-refractivity contribution is 14.0. The van der Waals surface area contributed by atoms with Gasteiger partial charge in [-0.3, -0.25) is 9.79 Å². The van der Waals surface area contributed by atoms with E-state index >= 15 is 0 Å². The van der Waals surface area contributed by atoms with Crippen molar-refractivity contribution in [1.29, 1.82) is 0 Å². The molecule has 0 aliphatic heterocycles. The fourth-order valence-electron chi connectivity index (χ4n) is 2.53. The van der Waals surface area contributed by atoms with Crippen molar-refractivity contribution in [3.05, 3.63) is 53.3 Å². The SMILES string of the molecule is CCNC(=NCCNC(=O)c1ccc(C)c(F)c1)Nc1ccc(OC)c(OC)c1.I. The van der Waals surface area contributed by atoms with Crippen molar-refractivity contribution in [2.75, 3.05) is 39.2 Å². The van der Waals surface area contributed by atoms with Crippen molar-refractivity contribution in [2.45, 2.75) is 13.8 Å². The molecule has 0 saturated heterocycles. The molecule has 7 nitrogen and oxygen atoms in total. The third kappa shape index (κ3) is 7.36. The fraction of sp³-hybridized carbons (Fsp3) is 0.333. The molecule has 0 bridgehead atoms. The lowest BCUT2D eigenvalue weighted by molar-refractivity contribution is 0.0954. The monoisotopic (exact) mass is 530 g/mol. The van der Waals surface area contributed by atoms with Crippen LogP contribution in [0.25, 0.3) is 0 Å². The molecule has 30 heavy (non-hydrogen) atoms. The number of rotatable bonds is 8. The molecule has 0 aliphatic rings. The number of methoxy groups -OCH3 is 2. The first-order valence-corrected chi connectivity index (χ1v) is 9.30. The van der Waals surface area contributed by atoms with Gasteiger partial charge in [-0.2, -0.15) is 0 Å². The largest absolute Gasteiger partial charge is 0.493 e. The number of amides is 1. The molecule has 0 saturated carbocycles. The second kappa shape index (κ2) is 12.9. The van der Waals surface area contributed by atoms with Crippen LogP contribution in [-0.2, 0) is 0 Å². The Balaban J connectivity index is 0.00000450. The van der Waals surface area contributed by atoms with Gasteiger partial charge in [0.05, 0.1) is 20.8 Å². The van der Waals surface area contributed by atoms with E-state index in [0.717, 1.165) is 5.69 Å². The van der Waals surface area contributed by atoms with Crippen LogP contribution in [0.4, 0.5) is 10.1 Å². The number of halogens is 2. The first kappa shape index (κ1) is 25.5. The van der Waals surface area contributed by atoms with Crippen LogP contribution in [0.3, 0.4) is 0 Å². The molecular formula is C21H28FIN4O3. The standard InChI is InChI=1S/C21H27FN4O3.HI/c1-5-23-21(26-16-8-9-18(28-3)19(13-16)29-4)25-11-10-24-20(27)15-7-6-14(2)17(22)12-15;/h6-9,12-13H,5,10-11H2,1-4H3,(H,24,27)(H2,23,25,26);1H. The van der Waals surface area contributed by atoms with Crippen molar-refractivity contribution < 1.29 is 18.7 Å². The summed E-state index contributed by atoms with van der Waals surface area (Å²) in [5.74, 6) is 1.07. The minimum Gasteiger partial charge on any atom is -0.493 e. The summed E-state index contributed by atoms with van der Waals surface area (Å²) >= 11 is 0. The van der Waals surface area contributed by atoms with E-state index in [4.69, 9.17) is 9.47 Å². The van der Waals surface area contributed by atoms with Gasteiger partial charge in [0.1, 0.15) is 5.82 Å². The van der Waals surface area contributed by atoms with Gasteiger partial charge >= 0.3 is 0 Å². The third-order valence-corrected chi connectivity index (χ3v) is 4.09. The summed E-state index contributed by atoms with van der Waals surface area (Å²) in [4.78, 5) is 16.6. The molecule has 9 heteroatoms. The van der Waals surface area contributed by atoms with Crippen LogP contribution in [0, 0.1) is 12.7 Å². The van der Waals surface area contributed by atoms with Crippen molar-refractivity contribution in [3.63, 3.8) is 0 Å². The van der Waals surface area contributed by atoms with Crippen molar-refractivity contribution in [2.24, 2.45) is 4.99 Å². The Bertz CT molecular complexity index is 877. The molecule has 164 valence electrons. The number of aryl methyl sites for hydroxylation is 1. The van der Waals surface area contributed by atoms with Crippen LogP contribution >= 0.6 is 24.0 Å². The molecule has 2 rings (SSSR count). The number of nitrogens with one attached hydrogen (secondary N) is 3. The van der Waals surface area contributed by atoms with Crippen LogP contribution in [0.1, 0.15) is 22.8 Å². The van der Waals surface area contributed by atoms with Gasteiger partial charge in [0.25, 0.3) is 5.91 Å². The summed E-state index contributed by atoms with van der Waals surface area (Å²) in [5.41, 5.74) is 1.57. The first-order valence-electron chi connectivity index (χ1n) is 9.30. The zero-order chi connectivity index (χ0) is 21.2. The Labute approximate surface area is 193 Å². The molecule has 0 heterocycles. The molecular weight excluding hydrogens is 502 g/mol. The predicted molar refractivity (Wildman–Crippen MR) is 128 cm³/mol. The minimum atomic E-state index is -0.399. The Morgan fingerprint density at radius 1 is 1.07 bits per heavy atom. The molecule has 0 aliphatic carbocycles. The smallest absolute Gasteiger partial charge is 0.251 e. The molecule has 0 radical (unpaired) electrons. The van der Waals surface area contributed by atoms with E-state index in [-0.39, 0.29) is 35.4 Å². The highest BCUT2D eigenvalue weighted by Gasteiger charge is 2.08. The van der Waals surface area contributed by atoms with E-state index in [1.807, 2.05) is 13.0 Å². The lowest BCUT2D eigenvalue weighted by Crippen LogP contribution is -2.32. The average molecular weight is 530 g/mol. The lowest BCUT2D eigenvalue weighted by atomic mass is 10.1. The number of aliphatic imine (C=N–C) groups is 1. The fourth-order valence-corrected chi connectivity index (χ4v) is 2.53. The maximum atomic E-state index is 13.6. The Morgan fingerprint density at radius 2 is 1.80 bits per heavy atom. The molecule has 0 unspecified atom stereocenters. The summed E-state index contributed by atoms with van der Waals surface area (Å²) in [7, 11) is 3.15. The van der Waals surface area contributed by atoms with Gasteiger partial charge in [0.2, 0.25) is 0 Å². The number of anilines is 1. The summed E-state index contributed by atoms with van der Waals surface area (Å²) in [6, 6.07) is 9.86. The van der Waals surface area contributed by atoms with E-state index in [9.17, 15) is 9.18 Å². The molecule has 1 amide bonds. The molecule has 0 spiro atoms. The van der Waals surface area contributed by atoms with Crippen molar-refractivity contribution in [1.82, 2.24) is 10.6 Å². The van der Waals surface area contributed by atoms with Crippen LogP contribution < -0.4 is 25.4 Å². The van der Waals surface area contributed by atoms with E-state index < -0.39 is 5.82 Å². The molecule has 2 aromatic carbocycles. The highest BCUT2D eigenvalue weighted by atomic mass is 127. The van der Waals surface area contributed by atoms with E-state index in [1.54, 1.807) is 45.4 Å². The van der Waals surface area contributed by atoms with Crippen LogP contribution in [0.15, 0.2) is 41.4 Å². The van der Waals surface area contributed by atoms with Gasteiger partial charge in [-0.1, -0.05) is 6.07 Å². The first-order chi connectivity index (χ1) is 14.0. The number of hydrogen-bond donors (Lipinski definition) is 3.